The Morgan fingerprint density at radius 2 is 2.05 bits per heavy atom. The highest BCUT2D eigenvalue weighted by Crippen LogP contribution is 2.40. The number of amides is 2. The summed E-state index contributed by atoms with van der Waals surface area (Å²) in [4.78, 5) is 32.2. The SMILES string of the molecule is COc1c(F)cccc1Nc1c(-c2ccncc2C#CCCOCCNC(=O)OC(C)(C)C)[nH]c2c1C(=O)NCC2. The van der Waals surface area contributed by atoms with Gasteiger partial charge in [-0.15, -0.1) is 0 Å². The van der Waals surface area contributed by atoms with Gasteiger partial charge in [0.05, 0.1) is 48.5 Å². The van der Waals surface area contributed by atoms with E-state index in [-0.39, 0.29) is 11.7 Å². The number of hydrogen-bond acceptors (Lipinski definition) is 7. The van der Waals surface area contributed by atoms with Gasteiger partial charge >= 0.3 is 6.09 Å². The highest BCUT2D eigenvalue weighted by atomic mass is 19.1. The van der Waals surface area contributed by atoms with Crippen LogP contribution >= 0.6 is 0 Å². The number of fused-ring (bicyclic) bond motifs is 1. The van der Waals surface area contributed by atoms with Crippen LogP contribution in [-0.4, -0.2) is 61.0 Å². The van der Waals surface area contributed by atoms with Crippen molar-refractivity contribution in [2.45, 2.75) is 39.2 Å². The van der Waals surface area contributed by atoms with Gasteiger partial charge in [0, 0.05) is 49.6 Å². The molecule has 0 radical (unpaired) electrons. The monoisotopic (exact) mass is 563 g/mol. The van der Waals surface area contributed by atoms with Crippen LogP contribution in [0.15, 0.2) is 36.7 Å². The summed E-state index contributed by atoms with van der Waals surface area (Å²) < 4.78 is 30.5. The first-order valence-corrected chi connectivity index (χ1v) is 13.3. The molecule has 216 valence electrons. The van der Waals surface area contributed by atoms with Gasteiger partial charge in [-0.25, -0.2) is 9.18 Å². The van der Waals surface area contributed by atoms with Gasteiger partial charge in [-0.05, 0) is 39.0 Å². The summed E-state index contributed by atoms with van der Waals surface area (Å²) >= 11 is 0. The number of benzene rings is 1. The summed E-state index contributed by atoms with van der Waals surface area (Å²) in [7, 11) is 1.39. The number of carbonyl (C=O) groups excluding carboxylic acids is 2. The van der Waals surface area contributed by atoms with Crippen LogP contribution in [0, 0.1) is 17.7 Å². The van der Waals surface area contributed by atoms with Crippen LogP contribution in [0.3, 0.4) is 0 Å². The molecule has 3 heterocycles. The van der Waals surface area contributed by atoms with E-state index >= 15 is 0 Å². The molecule has 41 heavy (non-hydrogen) atoms. The van der Waals surface area contributed by atoms with Gasteiger partial charge in [-0.1, -0.05) is 17.9 Å². The molecule has 3 aromatic rings. The molecule has 0 bridgehead atoms. The molecule has 0 spiro atoms. The first-order valence-electron chi connectivity index (χ1n) is 13.3. The molecule has 0 saturated carbocycles. The van der Waals surface area contributed by atoms with E-state index in [4.69, 9.17) is 14.2 Å². The third-order valence-electron chi connectivity index (χ3n) is 6.00. The Bertz CT molecular complexity index is 1470. The van der Waals surface area contributed by atoms with Crippen molar-refractivity contribution in [1.29, 1.82) is 0 Å². The van der Waals surface area contributed by atoms with E-state index in [0.717, 1.165) is 11.3 Å². The number of carbonyl (C=O) groups is 2. The van der Waals surface area contributed by atoms with Crippen molar-refractivity contribution >= 4 is 23.4 Å². The van der Waals surface area contributed by atoms with E-state index < -0.39 is 17.5 Å². The fraction of sp³-hybridized carbons (Fsp3) is 0.367. The molecule has 4 N–H and O–H groups in total. The second-order valence-corrected chi connectivity index (χ2v) is 10.2. The molecule has 1 aromatic carbocycles. The largest absolute Gasteiger partial charge is 0.492 e. The molecule has 0 unspecified atom stereocenters. The fourth-order valence-electron chi connectivity index (χ4n) is 4.29. The molecule has 1 aliphatic heterocycles. The van der Waals surface area contributed by atoms with Crippen molar-refractivity contribution in [3.8, 4) is 28.8 Å². The lowest BCUT2D eigenvalue weighted by Gasteiger charge is -2.19. The summed E-state index contributed by atoms with van der Waals surface area (Å²) in [6, 6.07) is 6.37. The number of H-pyrrole nitrogens is 1. The molecular formula is C30H34FN5O5. The van der Waals surface area contributed by atoms with Crippen molar-refractivity contribution in [2.75, 3.05) is 38.7 Å². The van der Waals surface area contributed by atoms with E-state index in [2.05, 4.69) is 37.8 Å². The number of aromatic amines is 1. The van der Waals surface area contributed by atoms with Gasteiger partial charge in [0.15, 0.2) is 11.6 Å². The average molecular weight is 564 g/mol. The van der Waals surface area contributed by atoms with E-state index in [1.165, 1.54) is 13.2 Å². The highest BCUT2D eigenvalue weighted by molar-refractivity contribution is 6.06. The molecule has 1 aliphatic rings. The molecular weight excluding hydrogens is 529 g/mol. The minimum Gasteiger partial charge on any atom is -0.492 e. The Morgan fingerprint density at radius 1 is 1.22 bits per heavy atom. The van der Waals surface area contributed by atoms with Crippen LogP contribution in [0.4, 0.5) is 20.6 Å². The van der Waals surface area contributed by atoms with Crippen LogP contribution in [0.1, 0.15) is 48.8 Å². The highest BCUT2D eigenvalue weighted by Gasteiger charge is 2.28. The molecule has 11 heteroatoms. The van der Waals surface area contributed by atoms with Crippen LogP contribution in [0.5, 0.6) is 5.75 Å². The molecule has 0 atom stereocenters. The number of halogens is 1. The number of alkyl carbamates (subject to hydrolysis) is 1. The second-order valence-electron chi connectivity index (χ2n) is 10.2. The Labute approximate surface area is 238 Å². The first-order chi connectivity index (χ1) is 19.7. The lowest BCUT2D eigenvalue weighted by molar-refractivity contribution is 0.0500. The van der Waals surface area contributed by atoms with Crippen LogP contribution in [0.2, 0.25) is 0 Å². The molecule has 0 saturated heterocycles. The van der Waals surface area contributed by atoms with Crippen molar-refractivity contribution in [3.05, 3.63) is 59.3 Å². The minimum atomic E-state index is -0.555. The lowest BCUT2D eigenvalue weighted by Crippen LogP contribution is -2.34. The summed E-state index contributed by atoms with van der Waals surface area (Å²) in [6.07, 6.45) is 3.88. The maximum Gasteiger partial charge on any atom is 0.407 e. The predicted octanol–water partition coefficient (Wildman–Crippen LogP) is 4.54. The van der Waals surface area contributed by atoms with E-state index in [1.54, 1.807) is 45.3 Å². The number of anilines is 2. The number of hydrogen-bond donors (Lipinski definition) is 4. The second kappa shape index (κ2) is 13.2. The summed E-state index contributed by atoms with van der Waals surface area (Å²) in [5, 5.41) is 8.74. The van der Waals surface area contributed by atoms with E-state index in [0.29, 0.717) is 67.3 Å². The maximum atomic E-state index is 14.4. The number of nitrogens with zero attached hydrogens (tertiary/aromatic N) is 1. The standard InChI is InChI=1S/C30H34FN5O5/c1-30(2,3)41-29(38)34-15-17-40-16-6-5-8-19-18-32-13-11-20(19)25-26(24-22(35-25)12-14-33-28(24)37)36-23-10-7-9-21(31)27(23)39-4/h7,9-11,13,18,35-36H,6,12,14-17H2,1-4H3,(H,33,37)(H,34,38). The van der Waals surface area contributed by atoms with Crippen LogP contribution in [-0.2, 0) is 15.9 Å². The topological polar surface area (TPSA) is 127 Å². The quantitative estimate of drug-likeness (QED) is 0.222. The Morgan fingerprint density at radius 3 is 2.83 bits per heavy atom. The fourth-order valence-corrected chi connectivity index (χ4v) is 4.29. The third-order valence-corrected chi connectivity index (χ3v) is 6.00. The number of para-hydroxylation sites is 1. The summed E-state index contributed by atoms with van der Waals surface area (Å²) in [5.41, 5.74) is 3.56. The predicted molar refractivity (Wildman–Crippen MR) is 153 cm³/mol. The van der Waals surface area contributed by atoms with Crippen molar-refractivity contribution < 1.29 is 28.2 Å². The third kappa shape index (κ3) is 7.55. The van der Waals surface area contributed by atoms with Crippen molar-refractivity contribution in [1.82, 2.24) is 20.6 Å². The zero-order valence-corrected chi connectivity index (χ0v) is 23.6. The summed E-state index contributed by atoms with van der Waals surface area (Å²) in [6.45, 7) is 6.94. The number of ether oxygens (including phenoxy) is 3. The van der Waals surface area contributed by atoms with Gasteiger partial charge < -0.3 is 35.1 Å². The van der Waals surface area contributed by atoms with Crippen molar-refractivity contribution in [3.63, 3.8) is 0 Å². The Hall–Kier alpha value is -4.56. The molecule has 0 fully saturated rings. The molecule has 2 aromatic heterocycles. The zero-order chi connectivity index (χ0) is 29.4. The number of rotatable bonds is 9. The number of pyridine rings is 1. The zero-order valence-electron chi connectivity index (χ0n) is 23.6. The van der Waals surface area contributed by atoms with Crippen molar-refractivity contribution in [2.24, 2.45) is 0 Å². The van der Waals surface area contributed by atoms with Gasteiger partial charge in [-0.2, -0.15) is 0 Å². The Kier molecular flexibility index (Phi) is 9.47. The van der Waals surface area contributed by atoms with Crippen LogP contribution < -0.4 is 20.7 Å². The van der Waals surface area contributed by atoms with E-state index in [1.807, 2.05) is 6.07 Å². The maximum absolute atomic E-state index is 14.4. The number of nitrogens with one attached hydrogen (secondary N) is 4. The van der Waals surface area contributed by atoms with Gasteiger partial charge in [0.25, 0.3) is 5.91 Å². The van der Waals surface area contributed by atoms with Gasteiger partial charge in [0.2, 0.25) is 0 Å². The molecule has 0 aliphatic carbocycles. The lowest BCUT2D eigenvalue weighted by atomic mass is 10.0. The normalized spacial score (nSPS) is 12.5. The van der Waals surface area contributed by atoms with Crippen LogP contribution in [0.25, 0.3) is 11.3 Å². The number of aromatic nitrogens is 2. The van der Waals surface area contributed by atoms with Gasteiger partial charge in [-0.3, -0.25) is 9.78 Å². The van der Waals surface area contributed by atoms with E-state index in [9.17, 15) is 14.0 Å². The van der Waals surface area contributed by atoms with Gasteiger partial charge in [0.1, 0.15) is 5.60 Å². The summed E-state index contributed by atoms with van der Waals surface area (Å²) in [5.74, 6) is 5.53. The molecule has 10 nitrogen and oxygen atoms in total. The molecule has 4 rings (SSSR count). The minimum absolute atomic E-state index is 0.0423. The average Bonchev–Trinajstić information content (AvgIpc) is 3.29. The smallest absolute Gasteiger partial charge is 0.407 e. The first kappa shape index (κ1) is 29.4. The Balaban J connectivity index is 1.50. The molecule has 2 amide bonds. The number of methoxy groups -OCH3 is 1.